The summed E-state index contributed by atoms with van der Waals surface area (Å²) < 4.78 is 5.08. The summed E-state index contributed by atoms with van der Waals surface area (Å²) in [4.78, 5) is 34.9. The second-order valence-electron chi connectivity index (χ2n) is 5.17. The summed E-state index contributed by atoms with van der Waals surface area (Å²) in [6.07, 6.45) is -1.03. The third kappa shape index (κ3) is 6.05. The summed E-state index contributed by atoms with van der Waals surface area (Å²) in [6.45, 7) is 1.43. The molecule has 7 nitrogen and oxygen atoms in total. The molecule has 0 fully saturated rings. The number of nitro groups is 1. The van der Waals surface area contributed by atoms with Crippen LogP contribution in [-0.4, -0.2) is 28.7 Å². The van der Waals surface area contributed by atoms with Crippen LogP contribution in [0.2, 0.25) is 5.02 Å². The SMILES string of the molecule is C[C@H](OC(=O)CSc1ccc(Cl)cc1)C(=O)Nc1cccc([N+](=O)[O-])c1. The van der Waals surface area contributed by atoms with Crippen molar-refractivity contribution in [2.24, 2.45) is 0 Å². The van der Waals surface area contributed by atoms with Crippen LogP contribution < -0.4 is 5.32 Å². The van der Waals surface area contributed by atoms with Gasteiger partial charge in [0.25, 0.3) is 11.6 Å². The number of nitrogens with zero attached hydrogens (tertiary/aromatic N) is 1. The van der Waals surface area contributed by atoms with Crippen LogP contribution in [0.4, 0.5) is 11.4 Å². The summed E-state index contributed by atoms with van der Waals surface area (Å²) in [6, 6.07) is 12.5. The summed E-state index contributed by atoms with van der Waals surface area (Å²) in [5, 5.41) is 13.8. The van der Waals surface area contributed by atoms with Gasteiger partial charge >= 0.3 is 5.97 Å². The lowest BCUT2D eigenvalue weighted by molar-refractivity contribution is -0.384. The van der Waals surface area contributed by atoms with E-state index in [1.54, 1.807) is 24.3 Å². The number of amides is 1. The molecule has 1 amide bonds. The van der Waals surface area contributed by atoms with Crippen LogP contribution in [0.25, 0.3) is 0 Å². The first-order chi connectivity index (χ1) is 12.3. The first kappa shape index (κ1) is 19.7. The second kappa shape index (κ2) is 9.21. The lowest BCUT2D eigenvalue weighted by atomic mass is 10.2. The number of nitro benzene ring substituents is 1. The van der Waals surface area contributed by atoms with E-state index in [4.69, 9.17) is 16.3 Å². The number of esters is 1. The van der Waals surface area contributed by atoms with E-state index in [2.05, 4.69) is 5.32 Å². The van der Waals surface area contributed by atoms with Gasteiger partial charge in [-0.15, -0.1) is 11.8 Å². The Hall–Kier alpha value is -2.58. The van der Waals surface area contributed by atoms with Crippen LogP contribution in [0.3, 0.4) is 0 Å². The molecular formula is C17H15ClN2O5S. The Labute approximate surface area is 158 Å². The number of rotatable bonds is 7. The van der Waals surface area contributed by atoms with E-state index in [0.29, 0.717) is 5.02 Å². The Bertz CT molecular complexity index is 813. The van der Waals surface area contributed by atoms with E-state index in [1.165, 1.54) is 43.0 Å². The number of nitrogens with one attached hydrogen (secondary N) is 1. The minimum atomic E-state index is -1.03. The molecular weight excluding hydrogens is 380 g/mol. The molecule has 0 heterocycles. The Morgan fingerprint density at radius 1 is 1.27 bits per heavy atom. The number of ether oxygens (including phenoxy) is 1. The van der Waals surface area contributed by atoms with Crippen molar-refractivity contribution in [2.45, 2.75) is 17.9 Å². The minimum absolute atomic E-state index is 0.0378. The molecule has 2 aromatic rings. The summed E-state index contributed by atoms with van der Waals surface area (Å²) in [5.74, 6) is -1.09. The fourth-order valence-electron chi connectivity index (χ4n) is 1.90. The highest BCUT2D eigenvalue weighted by Gasteiger charge is 2.19. The van der Waals surface area contributed by atoms with E-state index in [-0.39, 0.29) is 17.1 Å². The molecule has 0 aliphatic carbocycles. The third-order valence-electron chi connectivity index (χ3n) is 3.17. The number of thioether (sulfide) groups is 1. The first-order valence-electron chi connectivity index (χ1n) is 7.48. The van der Waals surface area contributed by atoms with E-state index < -0.39 is 22.9 Å². The lowest BCUT2D eigenvalue weighted by Gasteiger charge is -2.13. The highest BCUT2D eigenvalue weighted by atomic mass is 35.5. The maximum absolute atomic E-state index is 12.1. The summed E-state index contributed by atoms with van der Waals surface area (Å²) in [7, 11) is 0. The van der Waals surface area contributed by atoms with Crippen LogP contribution >= 0.6 is 23.4 Å². The second-order valence-corrected chi connectivity index (χ2v) is 6.66. The summed E-state index contributed by atoms with van der Waals surface area (Å²) in [5.41, 5.74) is 0.106. The van der Waals surface area contributed by atoms with Gasteiger partial charge in [0.1, 0.15) is 0 Å². The predicted octanol–water partition coefficient (Wildman–Crippen LogP) is 3.91. The molecule has 0 unspecified atom stereocenters. The number of benzene rings is 2. The Morgan fingerprint density at radius 3 is 2.62 bits per heavy atom. The highest BCUT2D eigenvalue weighted by molar-refractivity contribution is 8.00. The lowest BCUT2D eigenvalue weighted by Crippen LogP contribution is -2.30. The van der Waals surface area contributed by atoms with Crippen LogP contribution in [0.15, 0.2) is 53.4 Å². The van der Waals surface area contributed by atoms with Gasteiger partial charge in [0, 0.05) is 27.7 Å². The number of halogens is 1. The number of hydrogen-bond acceptors (Lipinski definition) is 6. The molecule has 1 N–H and O–H groups in total. The van der Waals surface area contributed by atoms with Gasteiger partial charge in [-0.25, -0.2) is 0 Å². The average Bonchev–Trinajstić information content (AvgIpc) is 2.61. The molecule has 136 valence electrons. The molecule has 0 aliphatic rings. The Balaban J connectivity index is 1.84. The average molecular weight is 395 g/mol. The van der Waals surface area contributed by atoms with Gasteiger partial charge in [-0.2, -0.15) is 0 Å². The maximum Gasteiger partial charge on any atom is 0.317 e. The number of hydrogen-bond donors (Lipinski definition) is 1. The van der Waals surface area contributed by atoms with Crippen LogP contribution in [0.1, 0.15) is 6.92 Å². The van der Waals surface area contributed by atoms with Gasteiger partial charge in [-0.1, -0.05) is 17.7 Å². The quantitative estimate of drug-likeness (QED) is 0.331. The van der Waals surface area contributed by atoms with Crippen molar-refractivity contribution in [1.29, 1.82) is 0 Å². The summed E-state index contributed by atoms with van der Waals surface area (Å²) >= 11 is 7.05. The van der Waals surface area contributed by atoms with Crippen molar-refractivity contribution in [1.82, 2.24) is 0 Å². The van der Waals surface area contributed by atoms with Crippen molar-refractivity contribution in [3.63, 3.8) is 0 Å². The molecule has 0 aliphatic heterocycles. The largest absolute Gasteiger partial charge is 0.452 e. The molecule has 0 bridgehead atoms. The fourth-order valence-corrected chi connectivity index (χ4v) is 2.71. The monoisotopic (exact) mass is 394 g/mol. The van der Waals surface area contributed by atoms with E-state index in [9.17, 15) is 19.7 Å². The van der Waals surface area contributed by atoms with Gasteiger partial charge in [0.15, 0.2) is 6.10 Å². The molecule has 2 aromatic carbocycles. The van der Waals surface area contributed by atoms with Crippen molar-refractivity contribution >= 4 is 46.6 Å². The van der Waals surface area contributed by atoms with E-state index in [1.807, 2.05) is 0 Å². The number of carbonyl (C=O) groups excluding carboxylic acids is 2. The van der Waals surface area contributed by atoms with Crippen molar-refractivity contribution < 1.29 is 19.2 Å². The van der Waals surface area contributed by atoms with Gasteiger partial charge in [0.05, 0.1) is 10.7 Å². The van der Waals surface area contributed by atoms with Gasteiger partial charge in [-0.05, 0) is 37.3 Å². The molecule has 0 radical (unpaired) electrons. The molecule has 0 spiro atoms. The van der Waals surface area contributed by atoms with E-state index >= 15 is 0 Å². The normalized spacial score (nSPS) is 11.5. The zero-order chi connectivity index (χ0) is 19.1. The number of non-ortho nitro benzene ring substituents is 1. The van der Waals surface area contributed by atoms with Crippen molar-refractivity contribution in [2.75, 3.05) is 11.1 Å². The fraction of sp³-hybridized carbons (Fsp3) is 0.176. The highest BCUT2D eigenvalue weighted by Crippen LogP contribution is 2.21. The van der Waals surface area contributed by atoms with E-state index in [0.717, 1.165) is 4.90 Å². The maximum atomic E-state index is 12.1. The van der Waals surface area contributed by atoms with Crippen LogP contribution in [-0.2, 0) is 14.3 Å². The topological polar surface area (TPSA) is 98.5 Å². The molecule has 1 atom stereocenters. The van der Waals surface area contributed by atoms with Crippen LogP contribution in [0.5, 0.6) is 0 Å². The Kier molecular flexibility index (Phi) is 6.99. The third-order valence-corrected chi connectivity index (χ3v) is 4.41. The van der Waals surface area contributed by atoms with Crippen molar-refractivity contribution in [3.8, 4) is 0 Å². The minimum Gasteiger partial charge on any atom is -0.452 e. The Morgan fingerprint density at radius 2 is 1.96 bits per heavy atom. The molecule has 0 saturated carbocycles. The molecule has 26 heavy (non-hydrogen) atoms. The zero-order valence-corrected chi connectivity index (χ0v) is 15.3. The first-order valence-corrected chi connectivity index (χ1v) is 8.84. The molecule has 2 rings (SSSR count). The number of carbonyl (C=O) groups is 2. The van der Waals surface area contributed by atoms with Gasteiger partial charge in [0.2, 0.25) is 0 Å². The standard InChI is InChI=1S/C17H15ClN2O5S/c1-11(17(22)19-13-3-2-4-14(9-13)20(23)24)25-16(21)10-26-15-7-5-12(18)6-8-15/h2-9,11H,10H2,1H3,(H,19,22)/t11-/m0/s1. The van der Waals surface area contributed by atoms with Gasteiger partial charge < -0.3 is 10.1 Å². The number of anilines is 1. The zero-order valence-electron chi connectivity index (χ0n) is 13.7. The van der Waals surface area contributed by atoms with Crippen LogP contribution in [0, 0.1) is 10.1 Å². The smallest absolute Gasteiger partial charge is 0.317 e. The molecule has 0 saturated heterocycles. The predicted molar refractivity (Wildman–Crippen MR) is 99.5 cm³/mol. The van der Waals surface area contributed by atoms with Gasteiger partial charge in [-0.3, -0.25) is 19.7 Å². The van der Waals surface area contributed by atoms with Crippen molar-refractivity contribution in [3.05, 3.63) is 63.7 Å². The molecule has 9 heteroatoms. The molecule has 0 aromatic heterocycles.